The fourth-order valence-corrected chi connectivity index (χ4v) is 3.54. The number of carbonyl (C=O) groups excluding carboxylic acids is 1. The second kappa shape index (κ2) is 6.34. The third-order valence-electron chi connectivity index (χ3n) is 5.36. The molecule has 1 aromatic carbocycles. The SMILES string of the molecule is Cc1ccc(CC(=O)C2CCC(C(C)(C)C)CC2)cc1C. The summed E-state index contributed by atoms with van der Waals surface area (Å²) in [6, 6.07) is 6.42. The van der Waals surface area contributed by atoms with E-state index >= 15 is 0 Å². The van der Waals surface area contributed by atoms with Crippen LogP contribution in [0.25, 0.3) is 0 Å². The van der Waals surface area contributed by atoms with Gasteiger partial charge in [-0.05, 0) is 67.6 Å². The first-order chi connectivity index (χ1) is 9.77. The van der Waals surface area contributed by atoms with Crippen molar-refractivity contribution < 1.29 is 4.79 Å². The minimum atomic E-state index is 0.296. The van der Waals surface area contributed by atoms with E-state index in [1.807, 2.05) is 0 Å². The van der Waals surface area contributed by atoms with Crippen LogP contribution in [-0.4, -0.2) is 5.78 Å². The second-order valence-electron chi connectivity index (χ2n) is 7.98. The lowest BCUT2D eigenvalue weighted by molar-refractivity contribution is -0.123. The first-order valence-electron chi connectivity index (χ1n) is 8.36. The van der Waals surface area contributed by atoms with Gasteiger partial charge in [0.2, 0.25) is 0 Å². The van der Waals surface area contributed by atoms with Gasteiger partial charge in [0.05, 0.1) is 0 Å². The van der Waals surface area contributed by atoms with Crippen molar-refractivity contribution in [2.45, 2.75) is 66.7 Å². The number of hydrogen-bond donors (Lipinski definition) is 0. The number of aryl methyl sites for hydroxylation is 2. The molecule has 1 nitrogen and oxygen atoms in total. The van der Waals surface area contributed by atoms with Crippen LogP contribution < -0.4 is 0 Å². The van der Waals surface area contributed by atoms with Crippen LogP contribution in [0.4, 0.5) is 0 Å². The molecular weight excluding hydrogens is 256 g/mol. The molecule has 0 aliphatic heterocycles. The monoisotopic (exact) mass is 286 g/mol. The summed E-state index contributed by atoms with van der Waals surface area (Å²) in [5.41, 5.74) is 4.16. The molecule has 0 aromatic heterocycles. The van der Waals surface area contributed by atoms with E-state index in [1.54, 1.807) is 0 Å². The zero-order valence-corrected chi connectivity index (χ0v) is 14.3. The predicted molar refractivity (Wildman–Crippen MR) is 89.5 cm³/mol. The van der Waals surface area contributed by atoms with Gasteiger partial charge in [-0.25, -0.2) is 0 Å². The van der Waals surface area contributed by atoms with E-state index in [2.05, 4.69) is 52.8 Å². The fourth-order valence-electron chi connectivity index (χ4n) is 3.54. The van der Waals surface area contributed by atoms with Crippen molar-refractivity contribution in [2.75, 3.05) is 0 Å². The van der Waals surface area contributed by atoms with E-state index in [4.69, 9.17) is 0 Å². The van der Waals surface area contributed by atoms with Gasteiger partial charge in [0.15, 0.2) is 0 Å². The summed E-state index contributed by atoms with van der Waals surface area (Å²) in [5.74, 6) is 1.53. The number of rotatable bonds is 3. The summed E-state index contributed by atoms with van der Waals surface area (Å²) in [4.78, 5) is 12.5. The Hall–Kier alpha value is -1.11. The highest BCUT2D eigenvalue weighted by Gasteiger charge is 2.32. The van der Waals surface area contributed by atoms with Gasteiger partial charge in [0.25, 0.3) is 0 Å². The Kier molecular flexibility index (Phi) is 4.91. The molecule has 0 amide bonds. The van der Waals surface area contributed by atoms with Crippen molar-refractivity contribution in [3.05, 3.63) is 34.9 Å². The van der Waals surface area contributed by atoms with E-state index in [9.17, 15) is 4.79 Å². The molecule has 21 heavy (non-hydrogen) atoms. The topological polar surface area (TPSA) is 17.1 Å². The molecule has 0 unspecified atom stereocenters. The Balaban J connectivity index is 1.92. The van der Waals surface area contributed by atoms with Crippen molar-refractivity contribution in [1.82, 2.24) is 0 Å². The lowest BCUT2D eigenvalue weighted by atomic mass is 9.69. The van der Waals surface area contributed by atoms with E-state index < -0.39 is 0 Å². The van der Waals surface area contributed by atoms with Crippen LogP contribution in [0.1, 0.15) is 63.1 Å². The standard InChI is InChI=1S/C20H30O/c1-14-6-7-16(12-15(14)2)13-19(21)17-8-10-18(11-9-17)20(3,4)5/h6-7,12,17-18H,8-11,13H2,1-5H3. The average molecular weight is 286 g/mol. The molecule has 0 radical (unpaired) electrons. The minimum Gasteiger partial charge on any atom is -0.299 e. The van der Waals surface area contributed by atoms with E-state index in [0.717, 1.165) is 18.8 Å². The third-order valence-corrected chi connectivity index (χ3v) is 5.36. The molecule has 0 N–H and O–H groups in total. The maximum Gasteiger partial charge on any atom is 0.140 e. The molecule has 1 heteroatoms. The summed E-state index contributed by atoms with van der Waals surface area (Å²) in [5, 5.41) is 0. The molecule has 1 aromatic rings. The highest BCUT2D eigenvalue weighted by atomic mass is 16.1. The molecule has 0 heterocycles. The third kappa shape index (κ3) is 4.18. The van der Waals surface area contributed by atoms with Crippen molar-refractivity contribution in [3.8, 4) is 0 Å². The van der Waals surface area contributed by atoms with Gasteiger partial charge in [-0.2, -0.15) is 0 Å². The van der Waals surface area contributed by atoms with Crippen molar-refractivity contribution in [2.24, 2.45) is 17.3 Å². The summed E-state index contributed by atoms with van der Waals surface area (Å²) in [6.07, 6.45) is 5.23. The molecule has 1 aliphatic rings. The average Bonchev–Trinajstić information content (AvgIpc) is 2.42. The Morgan fingerprint density at radius 3 is 2.19 bits per heavy atom. The lowest BCUT2D eigenvalue weighted by Crippen LogP contribution is -2.29. The zero-order valence-electron chi connectivity index (χ0n) is 14.3. The minimum absolute atomic E-state index is 0.296. The van der Waals surface area contributed by atoms with Crippen LogP contribution in [0.3, 0.4) is 0 Å². The smallest absolute Gasteiger partial charge is 0.140 e. The fraction of sp³-hybridized carbons (Fsp3) is 0.650. The zero-order chi connectivity index (χ0) is 15.6. The van der Waals surface area contributed by atoms with Gasteiger partial charge in [-0.1, -0.05) is 39.0 Å². The number of Topliss-reactive ketones (excluding diaryl/α,β-unsaturated/α-hetero) is 1. The van der Waals surface area contributed by atoms with Gasteiger partial charge in [0.1, 0.15) is 5.78 Å². The van der Waals surface area contributed by atoms with Gasteiger partial charge in [-0.3, -0.25) is 4.79 Å². The van der Waals surface area contributed by atoms with Crippen LogP contribution in [0.5, 0.6) is 0 Å². The van der Waals surface area contributed by atoms with Gasteiger partial charge in [0, 0.05) is 12.3 Å². The molecule has 1 saturated carbocycles. The molecule has 0 atom stereocenters. The second-order valence-corrected chi connectivity index (χ2v) is 7.98. The maximum atomic E-state index is 12.5. The lowest BCUT2D eigenvalue weighted by Gasteiger charge is -2.36. The molecule has 1 aliphatic carbocycles. The van der Waals surface area contributed by atoms with Crippen molar-refractivity contribution >= 4 is 5.78 Å². The summed E-state index contributed by atoms with van der Waals surface area (Å²) < 4.78 is 0. The maximum absolute atomic E-state index is 12.5. The Bertz CT molecular complexity index is 499. The van der Waals surface area contributed by atoms with Crippen LogP contribution >= 0.6 is 0 Å². The molecule has 0 bridgehead atoms. The summed E-state index contributed by atoms with van der Waals surface area (Å²) >= 11 is 0. The highest BCUT2D eigenvalue weighted by Crippen LogP contribution is 2.40. The Morgan fingerprint density at radius 2 is 1.67 bits per heavy atom. The van der Waals surface area contributed by atoms with Gasteiger partial charge < -0.3 is 0 Å². The predicted octanol–water partition coefficient (Wildman–Crippen LogP) is 5.27. The molecule has 0 saturated heterocycles. The van der Waals surface area contributed by atoms with E-state index in [1.165, 1.54) is 29.5 Å². The quantitative estimate of drug-likeness (QED) is 0.740. The molecule has 0 spiro atoms. The Morgan fingerprint density at radius 1 is 1.05 bits per heavy atom. The van der Waals surface area contributed by atoms with Gasteiger partial charge in [-0.15, -0.1) is 0 Å². The van der Waals surface area contributed by atoms with Crippen LogP contribution in [0.15, 0.2) is 18.2 Å². The number of hydrogen-bond acceptors (Lipinski definition) is 1. The number of ketones is 1. The molecule has 1 fully saturated rings. The normalized spacial score (nSPS) is 23.1. The largest absolute Gasteiger partial charge is 0.299 e. The Labute approximate surface area is 130 Å². The van der Waals surface area contributed by atoms with Crippen molar-refractivity contribution in [3.63, 3.8) is 0 Å². The number of benzene rings is 1. The number of carbonyl (C=O) groups is 1. The highest BCUT2D eigenvalue weighted by molar-refractivity contribution is 5.83. The van der Waals surface area contributed by atoms with Crippen LogP contribution in [-0.2, 0) is 11.2 Å². The molecule has 2 rings (SSSR count). The first-order valence-corrected chi connectivity index (χ1v) is 8.36. The summed E-state index contributed by atoms with van der Waals surface area (Å²) in [7, 11) is 0. The molecule has 116 valence electrons. The first kappa shape index (κ1) is 16.3. The van der Waals surface area contributed by atoms with E-state index in [0.29, 0.717) is 23.5 Å². The van der Waals surface area contributed by atoms with Crippen molar-refractivity contribution in [1.29, 1.82) is 0 Å². The van der Waals surface area contributed by atoms with Gasteiger partial charge >= 0.3 is 0 Å². The summed E-state index contributed by atoms with van der Waals surface area (Å²) in [6.45, 7) is 11.2. The van der Waals surface area contributed by atoms with E-state index in [-0.39, 0.29) is 0 Å². The van der Waals surface area contributed by atoms with Crippen LogP contribution in [0, 0.1) is 31.1 Å². The molecular formula is C20H30O. The van der Waals surface area contributed by atoms with Crippen LogP contribution in [0.2, 0.25) is 0 Å².